The summed E-state index contributed by atoms with van der Waals surface area (Å²) < 4.78 is 1.40. The number of aromatic nitrogens is 3. The summed E-state index contributed by atoms with van der Waals surface area (Å²) in [5.41, 5.74) is 0.721. The maximum atomic E-state index is 12.6. The van der Waals surface area contributed by atoms with Crippen LogP contribution in [0.15, 0.2) is 10.9 Å². The first kappa shape index (κ1) is 19.4. The second-order valence-corrected chi connectivity index (χ2v) is 8.95. The van der Waals surface area contributed by atoms with Crippen molar-refractivity contribution in [2.45, 2.75) is 70.8 Å². The minimum absolute atomic E-state index is 0.0876. The van der Waals surface area contributed by atoms with E-state index in [1.165, 1.54) is 35.1 Å². The van der Waals surface area contributed by atoms with Crippen molar-refractivity contribution in [1.29, 1.82) is 0 Å². The Kier molecular flexibility index (Phi) is 5.94. The van der Waals surface area contributed by atoms with Gasteiger partial charge in [0, 0.05) is 36.8 Å². The third-order valence-corrected chi connectivity index (χ3v) is 6.85. The first-order valence-electron chi connectivity index (χ1n) is 10.6. The standard InChI is InChI=1S/C20H29N5O2S/c1-2-6-16-13-17(26)25-19(22-16)28-20(23-25)24-11-9-14(10-12-24)18(27)21-15-7-4-3-5-8-15/h13-15H,2-12H2,1H3,(H,21,27). The number of fused-ring (bicyclic) bond motifs is 1. The lowest BCUT2D eigenvalue weighted by molar-refractivity contribution is -0.126. The maximum Gasteiger partial charge on any atom is 0.275 e. The predicted molar refractivity (Wildman–Crippen MR) is 111 cm³/mol. The van der Waals surface area contributed by atoms with Crippen LogP contribution in [0.2, 0.25) is 0 Å². The number of aryl methyl sites for hydroxylation is 1. The van der Waals surface area contributed by atoms with Gasteiger partial charge in [-0.2, -0.15) is 4.52 Å². The van der Waals surface area contributed by atoms with Crippen LogP contribution in [0.25, 0.3) is 4.96 Å². The van der Waals surface area contributed by atoms with Crippen molar-refractivity contribution in [3.05, 3.63) is 22.1 Å². The SMILES string of the molecule is CCCc1cc(=O)n2nc(N3CCC(C(=O)NC4CCCCC4)CC3)sc2n1. The predicted octanol–water partition coefficient (Wildman–Crippen LogP) is 2.77. The molecule has 7 nitrogen and oxygen atoms in total. The molecule has 2 aliphatic rings. The van der Waals surface area contributed by atoms with Crippen LogP contribution in [0.5, 0.6) is 0 Å². The lowest BCUT2D eigenvalue weighted by atomic mass is 9.92. The Balaban J connectivity index is 1.38. The molecule has 4 rings (SSSR count). The van der Waals surface area contributed by atoms with Crippen molar-refractivity contribution in [3.8, 4) is 0 Å². The molecule has 2 aromatic rings. The number of piperidine rings is 1. The summed E-state index contributed by atoms with van der Waals surface area (Å²) in [7, 11) is 0. The summed E-state index contributed by atoms with van der Waals surface area (Å²) in [5, 5.41) is 8.57. The Morgan fingerprint density at radius 3 is 2.68 bits per heavy atom. The summed E-state index contributed by atoms with van der Waals surface area (Å²) in [5.74, 6) is 0.308. The number of carbonyl (C=O) groups is 1. The number of nitrogens with zero attached hydrogens (tertiary/aromatic N) is 4. The summed E-state index contributed by atoms with van der Waals surface area (Å²) in [6, 6.07) is 1.96. The highest BCUT2D eigenvalue weighted by Crippen LogP contribution is 2.27. The second-order valence-electron chi connectivity index (χ2n) is 8.02. The summed E-state index contributed by atoms with van der Waals surface area (Å²) in [6.07, 6.45) is 9.44. The molecule has 152 valence electrons. The van der Waals surface area contributed by atoms with E-state index in [1.54, 1.807) is 6.07 Å². The van der Waals surface area contributed by atoms with Crippen LogP contribution in [0.4, 0.5) is 5.13 Å². The minimum atomic E-state index is -0.113. The van der Waals surface area contributed by atoms with Crippen LogP contribution >= 0.6 is 11.3 Å². The largest absolute Gasteiger partial charge is 0.353 e. The van der Waals surface area contributed by atoms with E-state index >= 15 is 0 Å². The molecule has 1 amide bonds. The van der Waals surface area contributed by atoms with Crippen LogP contribution in [0.1, 0.15) is 64.0 Å². The average molecular weight is 404 g/mol. The number of hydrogen-bond acceptors (Lipinski definition) is 6. The van der Waals surface area contributed by atoms with Crippen molar-refractivity contribution in [3.63, 3.8) is 0 Å². The van der Waals surface area contributed by atoms with Gasteiger partial charge >= 0.3 is 0 Å². The molecular formula is C20H29N5O2S. The molecule has 2 aromatic heterocycles. The van der Waals surface area contributed by atoms with E-state index in [0.29, 0.717) is 11.0 Å². The molecule has 0 atom stereocenters. The zero-order valence-corrected chi connectivity index (χ0v) is 17.3. The Hall–Kier alpha value is -1.96. The Morgan fingerprint density at radius 2 is 1.96 bits per heavy atom. The maximum absolute atomic E-state index is 12.6. The first-order chi connectivity index (χ1) is 13.6. The van der Waals surface area contributed by atoms with Gasteiger partial charge in [-0.1, -0.05) is 43.9 Å². The Labute approximate surface area is 169 Å². The van der Waals surface area contributed by atoms with Gasteiger partial charge in [0.25, 0.3) is 5.56 Å². The van der Waals surface area contributed by atoms with Gasteiger partial charge in [-0.15, -0.1) is 5.10 Å². The van der Waals surface area contributed by atoms with Crippen molar-refractivity contribution < 1.29 is 4.79 Å². The van der Waals surface area contributed by atoms with Crippen LogP contribution < -0.4 is 15.8 Å². The number of rotatable bonds is 5. The lowest BCUT2D eigenvalue weighted by Gasteiger charge is -2.32. The molecule has 0 unspecified atom stereocenters. The minimum Gasteiger partial charge on any atom is -0.353 e. The van der Waals surface area contributed by atoms with Crippen molar-refractivity contribution in [2.75, 3.05) is 18.0 Å². The van der Waals surface area contributed by atoms with E-state index in [2.05, 4.69) is 27.2 Å². The third-order valence-electron chi connectivity index (χ3n) is 5.88. The Morgan fingerprint density at radius 1 is 1.21 bits per heavy atom. The molecule has 0 radical (unpaired) electrons. The highest BCUT2D eigenvalue weighted by molar-refractivity contribution is 7.20. The quantitative estimate of drug-likeness (QED) is 0.830. The first-order valence-corrected chi connectivity index (χ1v) is 11.4. The number of nitrogens with one attached hydrogen (secondary N) is 1. The lowest BCUT2D eigenvalue weighted by Crippen LogP contribution is -2.44. The molecule has 0 spiro atoms. The number of amides is 1. The monoisotopic (exact) mass is 403 g/mol. The fourth-order valence-electron chi connectivity index (χ4n) is 4.26. The van der Waals surface area contributed by atoms with Gasteiger partial charge < -0.3 is 10.2 Å². The van der Waals surface area contributed by atoms with Gasteiger partial charge in [0.15, 0.2) is 0 Å². The number of hydrogen-bond donors (Lipinski definition) is 1. The van der Waals surface area contributed by atoms with E-state index in [4.69, 9.17) is 0 Å². The van der Waals surface area contributed by atoms with Gasteiger partial charge in [0.2, 0.25) is 16.0 Å². The Bertz CT molecular complexity index is 878. The molecule has 1 aliphatic carbocycles. The van der Waals surface area contributed by atoms with E-state index in [0.717, 1.165) is 62.4 Å². The number of carbonyl (C=O) groups excluding carboxylic acids is 1. The molecule has 2 fully saturated rings. The van der Waals surface area contributed by atoms with Gasteiger partial charge in [-0.25, -0.2) is 4.98 Å². The zero-order chi connectivity index (χ0) is 19.5. The molecule has 0 aromatic carbocycles. The molecule has 28 heavy (non-hydrogen) atoms. The van der Waals surface area contributed by atoms with Crippen LogP contribution in [-0.4, -0.2) is 39.6 Å². The third kappa shape index (κ3) is 4.21. The molecule has 8 heteroatoms. The van der Waals surface area contributed by atoms with E-state index in [1.807, 2.05) is 0 Å². The summed E-state index contributed by atoms with van der Waals surface area (Å²) >= 11 is 1.46. The van der Waals surface area contributed by atoms with Crippen molar-refractivity contribution >= 4 is 27.3 Å². The highest BCUT2D eigenvalue weighted by atomic mass is 32.1. The van der Waals surface area contributed by atoms with Crippen LogP contribution in [-0.2, 0) is 11.2 Å². The second kappa shape index (κ2) is 8.59. The fourth-order valence-corrected chi connectivity index (χ4v) is 5.23. The zero-order valence-electron chi connectivity index (χ0n) is 16.5. The fraction of sp³-hybridized carbons (Fsp3) is 0.700. The molecule has 1 N–H and O–H groups in total. The average Bonchev–Trinajstić information content (AvgIpc) is 3.14. The van der Waals surface area contributed by atoms with Gasteiger partial charge in [-0.05, 0) is 32.1 Å². The molecule has 1 saturated carbocycles. The van der Waals surface area contributed by atoms with Gasteiger partial charge in [-0.3, -0.25) is 9.59 Å². The van der Waals surface area contributed by atoms with Crippen LogP contribution in [0, 0.1) is 5.92 Å². The van der Waals surface area contributed by atoms with E-state index in [9.17, 15) is 9.59 Å². The molecule has 1 aliphatic heterocycles. The van der Waals surface area contributed by atoms with Crippen LogP contribution in [0.3, 0.4) is 0 Å². The van der Waals surface area contributed by atoms with E-state index < -0.39 is 0 Å². The van der Waals surface area contributed by atoms with Gasteiger partial charge in [0.1, 0.15) is 0 Å². The summed E-state index contributed by atoms with van der Waals surface area (Å²) in [4.78, 5) is 32.3. The molecule has 1 saturated heterocycles. The number of anilines is 1. The highest BCUT2D eigenvalue weighted by Gasteiger charge is 2.28. The topological polar surface area (TPSA) is 79.6 Å². The smallest absolute Gasteiger partial charge is 0.275 e. The molecule has 0 bridgehead atoms. The van der Waals surface area contributed by atoms with E-state index in [-0.39, 0.29) is 17.4 Å². The van der Waals surface area contributed by atoms with Crippen molar-refractivity contribution in [1.82, 2.24) is 19.9 Å². The normalized spacial score (nSPS) is 19.2. The molecular weight excluding hydrogens is 374 g/mol. The van der Waals surface area contributed by atoms with Gasteiger partial charge in [0.05, 0.1) is 0 Å². The summed E-state index contributed by atoms with van der Waals surface area (Å²) in [6.45, 7) is 3.66. The molecule has 3 heterocycles. The van der Waals surface area contributed by atoms with Crippen molar-refractivity contribution in [2.24, 2.45) is 5.92 Å².